The Bertz CT molecular complexity index is 1240. The Kier molecular flexibility index (Phi) is 8.66. The van der Waals surface area contributed by atoms with Gasteiger partial charge in [0.2, 0.25) is 5.88 Å². The van der Waals surface area contributed by atoms with E-state index < -0.39 is 17.2 Å². The van der Waals surface area contributed by atoms with Gasteiger partial charge < -0.3 is 20.1 Å². The second-order valence-corrected chi connectivity index (χ2v) is 8.43. The third-order valence-corrected chi connectivity index (χ3v) is 5.11. The number of anilines is 2. The molecule has 0 saturated heterocycles. The largest absolute Gasteiger partial charge is 0.484 e. The van der Waals surface area contributed by atoms with Gasteiger partial charge in [0, 0.05) is 25.4 Å². The fourth-order valence-electron chi connectivity index (χ4n) is 3.42. The fourth-order valence-corrected chi connectivity index (χ4v) is 3.42. The third-order valence-electron chi connectivity index (χ3n) is 5.11. The first-order valence-corrected chi connectivity index (χ1v) is 11.5. The van der Waals surface area contributed by atoms with Crippen LogP contribution in [-0.2, 0) is 11.3 Å². The molecule has 1 amide bonds. The Morgan fingerprint density at radius 3 is 2.49 bits per heavy atom. The van der Waals surface area contributed by atoms with Crippen molar-refractivity contribution < 1.29 is 14.3 Å². The Morgan fingerprint density at radius 2 is 1.86 bits per heavy atom. The summed E-state index contributed by atoms with van der Waals surface area (Å²) in [7, 11) is 0. The number of carbonyl (C=O) groups excluding carboxylic acids is 1. The number of hydrogen-bond donors (Lipinski definition) is 2. The third kappa shape index (κ3) is 6.72. The molecule has 2 aromatic heterocycles. The SMILES string of the molecule is CCCCN(C(=O)COc1ccc(Oc2ccccn2)cc1)c1c(N)n(CC(C)C)c(=O)[nH]c1=O. The number of rotatable bonds is 11. The van der Waals surface area contributed by atoms with Gasteiger partial charge in [-0.05, 0) is 42.7 Å². The summed E-state index contributed by atoms with van der Waals surface area (Å²) in [5.74, 6) is 1.12. The van der Waals surface area contributed by atoms with Crippen LogP contribution >= 0.6 is 0 Å². The van der Waals surface area contributed by atoms with E-state index in [0.717, 1.165) is 6.42 Å². The standard InChI is InChI=1S/C25H31N5O5/c1-4-5-14-29(22-23(26)30(15-17(2)3)25(33)28-24(22)32)21(31)16-34-18-9-11-19(12-10-18)35-20-8-6-7-13-27-20/h6-13,17H,4-5,14-16,26H2,1-3H3,(H,28,32,33). The zero-order valence-corrected chi connectivity index (χ0v) is 20.2. The van der Waals surface area contributed by atoms with Gasteiger partial charge in [0.05, 0.1) is 0 Å². The Labute approximate surface area is 203 Å². The molecule has 3 rings (SSSR count). The average Bonchev–Trinajstić information content (AvgIpc) is 2.83. The van der Waals surface area contributed by atoms with Crippen LogP contribution < -0.4 is 31.4 Å². The van der Waals surface area contributed by atoms with Gasteiger partial charge in [-0.1, -0.05) is 33.3 Å². The molecule has 0 aliphatic rings. The van der Waals surface area contributed by atoms with Crippen LogP contribution in [0.2, 0.25) is 0 Å². The van der Waals surface area contributed by atoms with Gasteiger partial charge in [0.1, 0.15) is 17.3 Å². The maximum atomic E-state index is 13.1. The summed E-state index contributed by atoms with van der Waals surface area (Å²) in [6.45, 7) is 6.10. The second-order valence-electron chi connectivity index (χ2n) is 8.43. The average molecular weight is 482 g/mol. The van der Waals surface area contributed by atoms with Crippen molar-refractivity contribution >= 4 is 17.4 Å². The number of H-pyrrole nitrogens is 1. The highest BCUT2D eigenvalue weighted by Gasteiger charge is 2.24. The number of hydrogen-bond acceptors (Lipinski definition) is 7. The highest BCUT2D eigenvalue weighted by molar-refractivity contribution is 5.96. The van der Waals surface area contributed by atoms with E-state index in [1.807, 2.05) is 26.8 Å². The zero-order valence-electron chi connectivity index (χ0n) is 20.2. The van der Waals surface area contributed by atoms with Gasteiger partial charge in [-0.25, -0.2) is 9.78 Å². The van der Waals surface area contributed by atoms with E-state index in [1.165, 1.54) is 9.47 Å². The molecule has 3 N–H and O–H groups in total. The number of carbonyl (C=O) groups is 1. The van der Waals surface area contributed by atoms with Crippen molar-refractivity contribution in [1.82, 2.24) is 14.5 Å². The molecule has 0 saturated carbocycles. The van der Waals surface area contributed by atoms with Gasteiger partial charge in [0.25, 0.3) is 11.5 Å². The van der Waals surface area contributed by atoms with Crippen molar-refractivity contribution in [1.29, 1.82) is 0 Å². The number of nitrogen functional groups attached to an aromatic ring is 1. The quantitative estimate of drug-likeness (QED) is 0.430. The van der Waals surface area contributed by atoms with Gasteiger partial charge in [-0.15, -0.1) is 0 Å². The molecular weight excluding hydrogens is 450 g/mol. The van der Waals surface area contributed by atoms with Crippen LogP contribution in [0.25, 0.3) is 0 Å². The van der Waals surface area contributed by atoms with E-state index in [1.54, 1.807) is 42.6 Å². The fraction of sp³-hybridized carbons (Fsp3) is 0.360. The molecule has 0 unspecified atom stereocenters. The molecule has 0 aliphatic carbocycles. The number of nitrogens with zero attached hydrogens (tertiary/aromatic N) is 3. The van der Waals surface area contributed by atoms with E-state index in [2.05, 4.69) is 9.97 Å². The summed E-state index contributed by atoms with van der Waals surface area (Å²) >= 11 is 0. The zero-order chi connectivity index (χ0) is 25.4. The van der Waals surface area contributed by atoms with E-state index in [9.17, 15) is 14.4 Å². The van der Waals surface area contributed by atoms with Crippen molar-refractivity contribution in [3.05, 3.63) is 69.5 Å². The molecule has 0 aliphatic heterocycles. The van der Waals surface area contributed by atoms with E-state index in [-0.39, 0.29) is 30.6 Å². The molecular formula is C25H31N5O5. The minimum absolute atomic E-state index is 0.0343. The van der Waals surface area contributed by atoms with Gasteiger partial charge in [-0.3, -0.25) is 19.1 Å². The lowest BCUT2D eigenvalue weighted by Gasteiger charge is -2.25. The molecule has 0 atom stereocenters. The number of nitrogens with one attached hydrogen (secondary N) is 1. The van der Waals surface area contributed by atoms with Crippen molar-refractivity contribution in [2.24, 2.45) is 5.92 Å². The number of nitrogens with two attached hydrogens (primary N) is 1. The number of unbranched alkanes of at least 4 members (excludes halogenated alkanes) is 1. The molecule has 0 fully saturated rings. The van der Waals surface area contributed by atoms with Gasteiger partial charge >= 0.3 is 5.69 Å². The minimum Gasteiger partial charge on any atom is -0.484 e. The number of amides is 1. The summed E-state index contributed by atoms with van der Waals surface area (Å²) in [5, 5.41) is 0. The van der Waals surface area contributed by atoms with Crippen LogP contribution in [0, 0.1) is 5.92 Å². The molecule has 10 nitrogen and oxygen atoms in total. The van der Waals surface area contributed by atoms with Gasteiger partial charge in [0.15, 0.2) is 12.3 Å². The van der Waals surface area contributed by atoms with Crippen molar-refractivity contribution in [2.75, 3.05) is 23.8 Å². The minimum atomic E-state index is -0.701. The first kappa shape index (κ1) is 25.5. The summed E-state index contributed by atoms with van der Waals surface area (Å²) < 4.78 is 12.6. The molecule has 35 heavy (non-hydrogen) atoms. The lowest BCUT2D eigenvalue weighted by Crippen LogP contribution is -2.43. The monoisotopic (exact) mass is 481 g/mol. The Morgan fingerprint density at radius 1 is 1.14 bits per heavy atom. The highest BCUT2D eigenvalue weighted by Crippen LogP contribution is 2.23. The van der Waals surface area contributed by atoms with E-state index in [0.29, 0.717) is 30.3 Å². The van der Waals surface area contributed by atoms with E-state index >= 15 is 0 Å². The Hall–Kier alpha value is -4.08. The first-order chi connectivity index (χ1) is 16.8. The molecule has 0 bridgehead atoms. The lowest BCUT2D eigenvalue weighted by molar-refractivity contribution is -0.120. The first-order valence-electron chi connectivity index (χ1n) is 11.5. The molecule has 2 heterocycles. The molecule has 10 heteroatoms. The lowest BCUT2D eigenvalue weighted by atomic mass is 10.2. The van der Waals surface area contributed by atoms with Crippen LogP contribution in [0.4, 0.5) is 11.5 Å². The van der Waals surface area contributed by atoms with Crippen molar-refractivity contribution in [3.63, 3.8) is 0 Å². The molecule has 186 valence electrons. The maximum absolute atomic E-state index is 13.1. The van der Waals surface area contributed by atoms with Crippen LogP contribution in [0.15, 0.2) is 58.3 Å². The summed E-state index contributed by atoms with van der Waals surface area (Å²) in [5.41, 5.74) is 4.88. The summed E-state index contributed by atoms with van der Waals surface area (Å²) in [6.07, 6.45) is 3.08. The normalized spacial score (nSPS) is 10.9. The molecule has 0 radical (unpaired) electrons. The number of benzene rings is 1. The number of pyridine rings is 1. The predicted octanol–water partition coefficient (Wildman–Crippen LogP) is 3.17. The van der Waals surface area contributed by atoms with Crippen molar-refractivity contribution in [3.8, 4) is 17.4 Å². The second kappa shape index (κ2) is 11.9. The predicted molar refractivity (Wildman–Crippen MR) is 134 cm³/mol. The number of aromatic amines is 1. The smallest absolute Gasteiger partial charge is 0.330 e. The molecule has 1 aromatic carbocycles. The molecule has 0 spiro atoms. The number of ether oxygens (including phenoxy) is 2. The van der Waals surface area contributed by atoms with Crippen LogP contribution in [-0.4, -0.2) is 33.6 Å². The topological polar surface area (TPSA) is 133 Å². The van der Waals surface area contributed by atoms with Crippen LogP contribution in [0.5, 0.6) is 17.4 Å². The summed E-state index contributed by atoms with van der Waals surface area (Å²) in [6, 6.07) is 12.1. The van der Waals surface area contributed by atoms with E-state index in [4.69, 9.17) is 15.2 Å². The maximum Gasteiger partial charge on any atom is 0.330 e. The van der Waals surface area contributed by atoms with Crippen LogP contribution in [0.3, 0.4) is 0 Å². The highest BCUT2D eigenvalue weighted by atomic mass is 16.5. The van der Waals surface area contributed by atoms with Crippen LogP contribution in [0.1, 0.15) is 33.6 Å². The number of aromatic nitrogens is 3. The molecule has 3 aromatic rings. The van der Waals surface area contributed by atoms with Gasteiger partial charge in [-0.2, -0.15) is 0 Å². The summed E-state index contributed by atoms with van der Waals surface area (Å²) in [4.78, 5) is 45.8. The van der Waals surface area contributed by atoms with Crippen molar-refractivity contribution in [2.45, 2.75) is 40.2 Å². The Balaban J connectivity index is 1.76.